The Kier molecular flexibility index (Phi) is 12.1. The number of ether oxygens (including phenoxy) is 2. The summed E-state index contributed by atoms with van der Waals surface area (Å²) in [7, 11) is 4.77. The molecule has 2 atom stereocenters. The van der Waals surface area contributed by atoms with Crippen molar-refractivity contribution in [1.82, 2.24) is 5.32 Å². The third kappa shape index (κ3) is 8.95. The summed E-state index contributed by atoms with van der Waals surface area (Å²) in [5.74, 6) is 1.78. The fraction of sp³-hybridized carbons (Fsp3) is 0.361. The highest BCUT2D eigenvalue weighted by Gasteiger charge is 2.23. The minimum atomic E-state index is -0.531. The average Bonchev–Trinajstić information content (AvgIpc) is 3.04. The molecule has 0 radical (unpaired) electrons. The predicted octanol–water partition coefficient (Wildman–Crippen LogP) is 7.03. The van der Waals surface area contributed by atoms with Crippen LogP contribution in [0.15, 0.2) is 72.8 Å². The summed E-state index contributed by atoms with van der Waals surface area (Å²) in [5.41, 5.74) is 4.78. The average molecular weight is 648 g/mol. The fourth-order valence-electron chi connectivity index (χ4n) is 5.77. The van der Waals surface area contributed by atoms with Crippen molar-refractivity contribution in [3.8, 4) is 28.4 Å². The Morgan fingerprint density at radius 1 is 0.956 bits per heavy atom. The van der Waals surface area contributed by atoms with Crippen molar-refractivity contribution in [2.75, 3.05) is 26.1 Å². The second kappa shape index (κ2) is 16.4. The van der Waals surface area contributed by atoms with Crippen molar-refractivity contribution in [3.63, 3.8) is 0 Å². The van der Waals surface area contributed by atoms with Crippen LogP contribution in [0.4, 0.5) is 0 Å². The first-order chi connectivity index (χ1) is 21.9. The van der Waals surface area contributed by atoms with E-state index >= 15 is 0 Å². The zero-order chi connectivity index (χ0) is 31.6. The molecule has 5 rings (SSSR count). The first-order valence-electron chi connectivity index (χ1n) is 15.4. The molecule has 0 aromatic heterocycles. The molecule has 0 bridgehead atoms. The van der Waals surface area contributed by atoms with Crippen LogP contribution in [0.25, 0.3) is 21.9 Å². The molecule has 9 heteroatoms. The largest absolute Gasteiger partial charge is 0.508 e. The fourth-order valence-corrected chi connectivity index (χ4v) is 8.07. The Hall–Kier alpha value is -3.21. The number of Topliss-reactive ketones (excluding diaryl/α,β-unsaturated/α-hetero) is 1. The van der Waals surface area contributed by atoms with Gasteiger partial charge in [0.15, 0.2) is 11.5 Å². The van der Waals surface area contributed by atoms with E-state index in [0.29, 0.717) is 49.7 Å². The summed E-state index contributed by atoms with van der Waals surface area (Å²) < 4.78 is 11.9. The molecular weight excluding hydrogens is 607 g/mol. The number of fused-ring (bicyclic) bond motifs is 5. The van der Waals surface area contributed by atoms with E-state index < -0.39 is 6.10 Å². The minimum Gasteiger partial charge on any atom is -0.508 e. The molecular formula is C36H41NO6S2. The van der Waals surface area contributed by atoms with Crippen LogP contribution >= 0.6 is 21.6 Å². The molecule has 0 spiro atoms. The van der Waals surface area contributed by atoms with Crippen molar-refractivity contribution in [1.29, 1.82) is 0 Å². The van der Waals surface area contributed by atoms with Crippen molar-refractivity contribution in [3.05, 3.63) is 89.5 Å². The summed E-state index contributed by atoms with van der Waals surface area (Å²) in [6, 6.07) is 23.1. The molecule has 4 aromatic carbocycles. The third-order valence-electron chi connectivity index (χ3n) is 8.17. The van der Waals surface area contributed by atoms with Crippen LogP contribution in [0.3, 0.4) is 0 Å². The number of phenolic OH excluding ortho intramolecular Hbond substituents is 2. The Morgan fingerprint density at radius 2 is 1.78 bits per heavy atom. The van der Waals surface area contributed by atoms with Crippen LogP contribution in [0.5, 0.6) is 17.2 Å². The molecule has 1 aliphatic rings. The van der Waals surface area contributed by atoms with Gasteiger partial charge in [-0.25, -0.2) is 0 Å². The van der Waals surface area contributed by atoms with Crippen molar-refractivity contribution < 1.29 is 29.6 Å². The smallest absolute Gasteiger partial charge is 0.168 e. The van der Waals surface area contributed by atoms with Crippen LogP contribution < -0.4 is 10.1 Å². The number of hydrogen-bond donors (Lipinski definition) is 4. The van der Waals surface area contributed by atoms with Gasteiger partial charge in [0.05, 0.1) is 26.0 Å². The highest BCUT2D eigenvalue weighted by molar-refractivity contribution is 8.76. The van der Waals surface area contributed by atoms with E-state index in [2.05, 4.69) is 17.4 Å². The molecule has 0 fully saturated rings. The lowest BCUT2D eigenvalue weighted by atomic mass is 9.89. The van der Waals surface area contributed by atoms with Gasteiger partial charge in [0, 0.05) is 36.5 Å². The standard InChI is InChI=1S/C36H41NO6S2/c1-42-36-34(41)16-10-26-8-12-27(38)19-30(43-23-37-18-17-24-5-3-2-4-6-24)14-13-29(40)21-44-45-22-33-31(35(26)36)15-9-25-7-11-28(39)20-32(25)33/h2-7,9-11,15-16,20,29-30,37,39-41H,8,12-14,17-19,21-23H2,1H3. The molecule has 7 nitrogen and oxygen atoms in total. The monoisotopic (exact) mass is 647 g/mol. The summed E-state index contributed by atoms with van der Waals surface area (Å²) >= 11 is 0. The summed E-state index contributed by atoms with van der Waals surface area (Å²) in [5, 5.41) is 37.2. The predicted molar refractivity (Wildman–Crippen MR) is 184 cm³/mol. The minimum absolute atomic E-state index is 0.0253. The van der Waals surface area contributed by atoms with Gasteiger partial charge in [-0.05, 0) is 76.9 Å². The number of aliphatic hydroxyl groups is 1. The maximum Gasteiger partial charge on any atom is 0.168 e. The quantitative estimate of drug-likeness (QED) is 0.0955. The number of benzene rings is 4. The van der Waals surface area contributed by atoms with Crippen LogP contribution in [-0.2, 0) is 28.1 Å². The van der Waals surface area contributed by atoms with Crippen LogP contribution in [0.2, 0.25) is 0 Å². The Balaban J connectivity index is 1.38. The lowest BCUT2D eigenvalue weighted by molar-refractivity contribution is -0.122. The second-order valence-corrected chi connectivity index (χ2v) is 13.8. The number of carbonyl (C=O) groups excluding carboxylic acids is 1. The Morgan fingerprint density at radius 3 is 2.60 bits per heavy atom. The molecule has 0 saturated heterocycles. The van der Waals surface area contributed by atoms with E-state index in [0.717, 1.165) is 46.0 Å². The number of aromatic hydroxyl groups is 2. The molecule has 2 unspecified atom stereocenters. The van der Waals surface area contributed by atoms with Gasteiger partial charge in [0.1, 0.15) is 11.5 Å². The lowest BCUT2D eigenvalue weighted by Crippen LogP contribution is -2.28. The van der Waals surface area contributed by atoms with Gasteiger partial charge in [-0.15, -0.1) is 0 Å². The highest BCUT2D eigenvalue weighted by Crippen LogP contribution is 2.45. The summed E-state index contributed by atoms with van der Waals surface area (Å²) in [4.78, 5) is 13.4. The van der Waals surface area contributed by atoms with Gasteiger partial charge in [0.25, 0.3) is 0 Å². The molecule has 4 N–H and O–H groups in total. The molecule has 0 saturated carbocycles. The van der Waals surface area contributed by atoms with Crippen LogP contribution in [0, 0.1) is 0 Å². The van der Waals surface area contributed by atoms with Gasteiger partial charge in [-0.2, -0.15) is 0 Å². The number of methoxy groups -OCH3 is 1. The van der Waals surface area contributed by atoms with Gasteiger partial charge >= 0.3 is 0 Å². The Labute approximate surface area is 272 Å². The van der Waals surface area contributed by atoms with Gasteiger partial charge in [-0.3, -0.25) is 10.1 Å². The normalized spacial score (nSPS) is 18.3. The van der Waals surface area contributed by atoms with E-state index in [1.54, 1.807) is 39.8 Å². The number of nitrogens with one attached hydrogen (secondary N) is 1. The number of aryl methyl sites for hydroxylation is 1. The molecule has 238 valence electrons. The molecule has 4 aromatic rings. The van der Waals surface area contributed by atoms with Crippen LogP contribution in [0.1, 0.15) is 42.4 Å². The number of rotatable bonds is 7. The Bertz CT molecular complexity index is 1580. The van der Waals surface area contributed by atoms with Gasteiger partial charge < -0.3 is 24.8 Å². The lowest BCUT2D eigenvalue weighted by Gasteiger charge is -2.22. The topological polar surface area (TPSA) is 108 Å². The number of hydrogen-bond acceptors (Lipinski definition) is 9. The highest BCUT2D eigenvalue weighted by atomic mass is 33.1. The SMILES string of the molecule is COc1c(O)ccc2c1-c1ccc3ccc(O)cc3c1CSSCC(O)CCC(OCNCCc1ccccc1)CC(=O)CC2. The van der Waals surface area contributed by atoms with Crippen molar-refractivity contribution in [2.45, 2.75) is 56.5 Å². The van der Waals surface area contributed by atoms with E-state index in [1.165, 1.54) is 12.7 Å². The zero-order valence-corrected chi connectivity index (χ0v) is 27.2. The number of ketones is 1. The maximum atomic E-state index is 13.4. The van der Waals surface area contributed by atoms with Crippen molar-refractivity contribution >= 4 is 38.1 Å². The molecule has 1 aliphatic heterocycles. The number of aliphatic hydroxyl groups excluding tert-OH is 1. The van der Waals surface area contributed by atoms with E-state index in [-0.39, 0.29) is 29.8 Å². The van der Waals surface area contributed by atoms with Crippen LogP contribution in [-0.4, -0.2) is 59.4 Å². The van der Waals surface area contributed by atoms with Gasteiger partial charge in [0.2, 0.25) is 0 Å². The molecule has 0 aliphatic carbocycles. The molecule has 45 heavy (non-hydrogen) atoms. The summed E-state index contributed by atoms with van der Waals surface area (Å²) in [6.07, 6.45) is 2.23. The maximum absolute atomic E-state index is 13.4. The third-order valence-corrected chi connectivity index (χ3v) is 10.5. The number of carbonyl (C=O) groups is 1. The first-order valence-corrected chi connectivity index (χ1v) is 17.9. The second-order valence-electron chi connectivity index (χ2n) is 11.3. The number of phenols is 2. The van der Waals surface area contributed by atoms with E-state index in [4.69, 9.17) is 9.47 Å². The summed E-state index contributed by atoms with van der Waals surface area (Å²) in [6.45, 7) is 1.11. The van der Waals surface area contributed by atoms with Gasteiger partial charge in [-0.1, -0.05) is 76.2 Å². The molecule has 1 heterocycles. The van der Waals surface area contributed by atoms with E-state index in [9.17, 15) is 20.1 Å². The zero-order valence-electron chi connectivity index (χ0n) is 25.5. The van der Waals surface area contributed by atoms with Crippen molar-refractivity contribution in [2.24, 2.45) is 0 Å². The van der Waals surface area contributed by atoms with E-state index in [1.807, 2.05) is 42.5 Å². The first kappa shape index (κ1) is 33.2. The molecule has 0 amide bonds.